The van der Waals surface area contributed by atoms with Crippen LogP contribution in [0, 0.1) is 0 Å². The van der Waals surface area contributed by atoms with Crippen LogP contribution >= 0.6 is 15.9 Å². The maximum absolute atomic E-state index is 12.3. The fourth-order valence-electron chi connectivity index (χ4n) is 3.06. The predicted molar refractivity (Wildman–Crippen MR) is 123 cm³/mol. The van der Waals surface area contributed by atoms with Gasteiger partial charge in [0.1, 0.15) is 6.61 Å². The summed E-state index contributed by atoms with van der Waals surface area (Å²) in [5, 5.41) is 0. The zero-order valence-electron chi connectivity index (χ0n) is 16.9. The lowest BCUT2D eigenvalue weighted by Gasteiger charge is -2.13. The maximum Gasteiger partial charge on any atom is 0.363 e. The predicted octanol–water partition coefficient (Wildman–Crippen LogP) is 5.77. The van der Waals surface area contributed by atoms with E-state index in [0.29, 0.717) is 30.6 Å². The van der Waals surface area contributed by atoms with Crippen LogP contribution in [0.4, 0.5) is 0 Å². The highest BCUT2D eigenvalue weighted by Crippen LogP contribution is 2.31. The summed E-state index contributed by atoms with van der Waals surface area (Å²) in [6.45, 7) is 2.82. The summed E-state index contributed by atoms with van der Waals surface area (Å²) >= 11 is 3.47. The van der Waals surface area contributed by atoms with E-state index in [1.807, 2.05) is 79.7 Å². The molecule has 1 heterocycles. The Labute approximate surface area is 189 Å². The molecule has 0 spiro atoms. The standard InChI is InChI=1S/C25H20BrNO4/c1-2-29-23-15-17(11-12-22(23)30-16-18-7-6-10-20(26)13-18)14-21-25(28)31-24(27-21)19-8-4-3-5-9-19/h3-15H,2,16H2,1H3/b21-14-. The molecule has 1 aliphatic heterocycles. The molecule has 5 nitrogen and oxygen atoms in total. The van der Waals surface area contributed by atoms with Crippen molar-refractivity contribution < 1.29 is 19.0 Å². The summed E-state index contributed by atoms with van der Waals surface area (Å²) in [6, 6.07) is 22.8. The monoisotopic (exact) mass is 477 g/mol. The lowest BCUT2D eigenvalue weighted by molar-refractivity contribution is -0.129. The van der Waals surface area contributed by atoms with Crippen molar-refractivity contribution in [2.75, 3.05) is 6.61 Å². The third-order valence-electron chi connectivity index (χ3n) is 4.50. The van der Waals surface area contributed by atoms with E-state index in [1.165, 1.54) is 0 Å². The van der Waals surface area contributed by atoms with E-state index in [0.717, 1.165) is 21.2 Å². The summed E-state index contributed by atoms with van der Waals surface area (Å²) < 4.78 is 18.0. The van der Waals surface area contributed by atoms with Crippen LogP contribution in [0.2, 0.25) is 0 Å². The Morgan fingerprint density at radius 1 is 0.968 bits per heavy atom. The van der Waals surface area contributed by atoms with Crippen LogP contribution in [0.5, 0.6) is 11.5 Å². The molecule has 0 N–H and O–H groups in total. The summed E-state index contributed by atoms with van der Waals surface area (Å²) in [7, 11) is 0. The minimum Gasteiger partial charge on any atom is -0.490 e. The molecule has 0 unspecified atom stereocenters. The maximum atomic E-state index is 12.3. The van der Waals surface area contributed by atoms with Crippen LogP contribution in [0.25, 0.3) is 6.08 Å². The molecule has 0 aromatic heterocycles. The van der Waals surface area contributed by atoms with Crippen molar-refractivity contribution in [2.45, 2.75) is 13.5 Å². The minimum atomic E-state index is -0.480. The average molecular weight is 478 g/mol. The Balaban J connectivity index is 1.56. The molecule has 0 amide bonds. The van der Waals surface area contributed by atoms with Crippen LogP contribution in [-0.2, 0) is 16.1 Å². The first-order chi connectivity index (χ1) is 15.1. The number of hydrogen-bond donors (Lipinski definition) is 0. The number of carbonyl (C=O) groups is 1. The van der Waals surface area contributed by atoms with Crippen LogP contribution in [0.15, 0.2) is 88.0 Å². The van der Waals surface area contributed by atoms with Gasteiger partial charge >= 0.3 is 5.97 Å². The van der Waals surface area contributed by atoms with Gasteiger partial charge in [-0.25, -0.2) is 9.79 Å². The van der Waals surface area contributed by atoms with Gasteiger partial charge in [0.25, 0.3) is 0 Å². The zero-order valence-corrected chi connectivity index (χ0v) is 18.5. The molecule has 31 heavy (non-hydrogen) atoms. The number of carbonyl (C=O) groups excluding carboxylic acids is 1. The highest BCUT2D eigenvalue weighted by atomic mass is 79.9. The largest absolute Gasteiger partial charge is 0.490 e. The molecule has 0 fully saturated rings. The van der Waals surface area contributed by atoms with Crippen molar-refractivity contribution in [2.24, 2.45) is 4.99 Å². The molecule has 3 aromatic carbocycles. The molecule has 0 saturated heterocycles. The van der Waals surface area contributed by atoms with E-state index in [2.05, 4.69) is 20.9 Å². The van der Waals surface area contributed by atoms with Gasteiger partial charge in [-0.15, -0.1) is 0 Å². The SMILES string of the molecule is CCOc1cc(/C=C2\N=C(c3ccccc3)OC2=O)ccc1OCc1cccc(Br)c1. The quantitative estimate of drug-likeness (QED) is 0.320. The van der Waals surface area contributed by atoms with Crippen LogP contribution in [0.3, 0.4) is 0 Å². The molecule has 0 radical (unpaired) electrons. The summed E-state index contributed by atoms with van der Waals surface area (Å²) in [5.41, 5.74) is 2.80. The number of cyclic esters (lactones) is 1. The van der Waals surface area contributed by atoms with Gasteiger partial charge in [-0.05, 0) is 60.5 Å². The van der Waals surface area contributed by atoms with Gasteiger partial charge in [0.05, 0.1) is 6.61 Å². The molecule has 156 valence electrons. The molecular formula is C25H20BrNO4. The number of benzene rings is 3. The van der Waals surface area contributed by atoms with E-state index >= 15 is 0 Å². The fraction of sp³-hybridized carbons (Fsp3) is 0.120. The van der Waals surface area contributed by atoms with E-state index in [1.54, 1.807) is 6.08 Å². The highest BCUT2D eigenvalue weighted by molar-refractivity contribution is 9.10. The number of halogens is 1. The normalized spacial score (nSPS) is 14.3. The number of ether oxygens (including phenoxy) is 3. The second kappa shape index (κ2) is 9.62. The van der Waals surface area contributed by atoms with Crippen LogP contribution in [0.1, 0.15) is 23.6 Å². The second-order valence-corrected chi connectivity index (χ2v) is 7.68. The number of esters is 1. The molecule has 4 rings (SSSR count). The molecule has 1 aliphatic rings. The van der Waals surface area contributed by atoms with Gasteiger partial charge in [-0.1, -0.05) is 52.3 Å². The molecule has 0 atom stereocenters. The van der Waals surface area contributed by atoms with E-state index in [4.69, 9.17) is 14.2 Å². The van der Waals surface area contributed by atoms with Crippen LogP contribution < -0.4 is 9.47 Å². The molecule has 0 aliphatic carbocycles. The fourth-order valence-corrected chi connectivity index (χ4v) is 3.51. The first-order valence-corrected chi connectivity index (χ1v) is 10.6. The Hall–Kier alpha value is -3.38. The van der Waals surface area contributed by atoms with Crippen molar-refractivity contribution in [3.63, 3.8) is 0 Å². The minimum absolute atomic E-state index is 0.240. The topological polar surface area (TPSA) is 57.1 Å². The Bertz CT molecular complexity index is 1160. The van der Waals surface area contributed by atoms with Gasteiger partial charge < -0.3 is 14.2 Å². The number of rotatable bonds is 7. The Morgan fingerprint density at radius 2 is 1.81 bits per heavy atom. The number of hydrogen-bond acceptors (Lipinski definition) is 5. The molecule has 0 saturated carbocycles. The Morgan fingerprint density at radius 3 is 2.58 bits per heavy atom. The van der Waals surface area contributed by atoms with Crippen LogP contribution in [-0.4, -0.2) is 18.5 Å². The van der Waals surface area contributed by atoms with Gasteiger partial charge in [-0.2, -0.15) is 0 Å². The third kappa shape index (κ3) is 5.22. The zero-order chi connectivity index (χ0) is 21.6. The van der Waals surface area contributed by atoms with Gasteiger partial charge in [0.2, 0.25) is 5.90 Å². The average Bonchev–Trinajstić information content (AvgIpc) is 3.14. The van der Waals surface area contributed by atoms with Gasteiger partial charge in [0.15, 0.2) is 17.2 Å². The second-order valence-electron chi connectivity index (χ2n) is 6.76. The molecular weight excluding hydrogens is 458 g/mol. The van der Waals surface area contributed by atoms with Gasteiger partial charge in [-0.3, -0.25) is 0 Å². The summed E-state index contributed by atoms with van der Waals surface area (Å²) in [4.78, 5) is 16.6. The summed E-state index contributed by atoms with van der Waals surface area (Å²) in [5.74, 6) is 1.06. The lowest BCUT2D eigenvalue weighted by Crippen LogP contribution is -2.05. The Kier molecular flexibility index (Phi) is 6.48. The van der Waals surface area contributed by atoms with Crippen molar-refractivity contribution in [3.8, 4) is 11.5 Å². The number of nitrogens with zero attached hydrogens (tertiary/aromatic N) is 1. The third-order valence-corrected chi connectivity index (χ3v) is 4.99. The first kappa shape index (κ1) is 20.9. The molecule has 3 aromatic rings. The van der Waals surface area contributed by atoms with Gasteiger partial charge in [0, 0.05) is 10.0 Å². The summed E-state index contributed by atoms with van der Waals surface area (Å²) in [6.07, 6.45) is 1.68. The van der Waals surface area contributed by atoms with Crippen molar-refractivity contribution in [3.05, 3.63) is 99.7 Å². The van der Waals surface area contributed by atoms with E-state index in [9.17, 15) is 4.79 Å². The first-order valence-electron chi connectivity index (χ1n) is 9.84. The lowest BCUT2D eigenvalue weighted by atomic mass is 10.1. The van der Waals surface area contributed by atoms with Crippen molar-refractivity contribution >= 4 is 33.9 Å². The highest BCUT2D eigenvalue weighted by Gasteiger charge is 2.24. The molecule has 0 bridgehead atoms. The van der Waals surface area contributed by atoms with E-state index < -0.39 is 5.97 Å². The number of aliphatic imine (C=N–C) groups is 1. The van der Waals surface area contributed by atoms with Crippen molar-refractivity contribution in [1.82, 2.24) is 0 Å². The molecule has 6 heteroatoms. The van der Waals surface area contributed by atoms with E-state index in [-0.39, 0.29) is 5.70 Å². The smallest absolute Gasteiger partial charge is 0.363 e. The van der Waals surface area contributed by atoms with Crippen molar-refractivity contribution in [1.29, 1.82) is 0 Å².